The van der Waals surface area contributed by atoms with Crippen LogP contribution in [0.2, 0.25) is 0 Å². The van der Waals surface area contributed by atoms with Crippen LogP contribution in [0.25, 0.3) is 0 Å². The summed E-state index contributed by atoms with van der Waals surface area (Å²) in [6.07, 6.45) is 0.465. The van der Waals surface area contributed by atoms with Crippen molar-refractivity contribution in [2.45, 2.75) is 64.2 Å². The first-order valence-corrected chi connectivity index (χ1v) is 12.1. The van der Waals surface area contributed by atoms with E-state index < -0.39 is 47.6 Å². The van der Waals surface area contributed by atoms with E-state index in [1.54, 1.807) is 32.8 Å². The zero-order valence-electron chi connectivity index (χ0n) is 21.9. The van der Waals surface area contributed by atoms with Gasteiger partial charge in [-0.2, -0.15) is 0 Å². The predicted molar refractivity (Wildman–Crippen MR) is 131 cm³/mol. The van der Waals surface area contributed by atoms with Crippen LogP contribution in [0.5, 0.6) is 0 Å². The van der Waals surface area contributed by atoms with Gasteiger partial charge in [0.15, 0.2) is 0 Å². The predicted octanol–water partition coefficient (Wildman–Crippen LogP) is 3.85. The summed E-state index contributed by atoms with van der Waals surface area (Å²) in [5.41, 5.74) is 1.83. The molecule has 198 valence electrons. The molecule has 3 rings (SSSR count). The van der Waals surface area contributed by atoms with Crippen LogP contribution in [0.1, 0.15) is 45.6 Å². The van der Waals surface area contributed by atoms with Crippen LogP contribution in [0.15, 0.2) is 41.6 Å². The van der Waals surface area contributed by atoms with Crippen LogP contribution >= 0.6 is 0 Å². The maximum absolute atomic E-state index is 13.7. The largest absolute Gasteiger partial charge is 0.469 e. The van der Waals surface area contributed by atoms with Gasteiger partial charge in [-0.1, -0.05) is 30.3 Å². The van der Waals surface area contributed by atoms with Gasteiger partial charge in [0.25, 0.3) is 0 Å². The van der Waals surface area contributed by atoms with Gasteiger partial charge in [0, 0.05) is 19.2 Å². The van der Waals surface area contributed by atoms with E-state index >= 15 is 0 Å². The Morgan fingerprint density at radius 3 is 2.08 bits per heavy atom. The Balaban J connectivity index is 2.10. The van der Waals surface area contributed by atoms with E-state index in [-0.39, 0.29) is 19.6 Å². The van der Waals surface area contributed by atoms with E-state index in [4.69, 9.17) is 23.7 Å². The van der Waals surface area contributed by atoms with E-state index in [1.165, 1.54) is 14.2 Å². The Labute approximate surface area is 212 Å². The molecule has 1 aromatic rings. The van der Waals surface area contributed by atoms with Crippen LogP contribution in [-0.4, -0.2) is 68.8 Å². The first-order chi connectivity index (χ1) is 17.1. The quantitative estimate of drug-likeness (QED) is 0.314. The number of ether oxygens (including phenoxy) is 5. The molecule has 1 amide bonds. The molecule has 0 aromatic heterocycles. The summed E-state index contributed by atoms with van der Waals surface area (Å²) in [7, 11) is 4.13. The van der Waals surface area contributed by atoms with Crippen molar-refractivity contribution in [2.75, 3.05) is 28.1 Å². The van der Waals surface area contributed by atoms with E-state index in [9.17, 15) is 14.4 Å². The lowest BCUT2D eigenvalue weighted by Gasteiger charge is -2.47. The molecule has 1 aliphatic carbocycles. The maximum atomic E-state index is 13.7. The third-order valence-corrected chi connectivity index (χ3v) is 6.56. The molecule has 0 saturated heterocycles. The molecule has 9 heteroatoms. The number of carbonyl (C=O) groups is 3. The molecule has 0 spiro atoms. The van der Waals surface area contributed by atoms with Crippen molar-refractivity contribution in [1.29, 1.82) is 0 Å². The minimum atomic E-state index is -0.778. The van der Waals surface area contributed by atoms with E-state index in [0.717, 1.165) is 11.1 Å². The van der Waals surface area contributed by atoms with Crippen molar-refractivity contribution in [3.8, 4) is 0 Å². The van der Waals surface area contributed by atoms with Crippen molar-refractivity contribution in [1.82, 2.24) is 4.90 Å². The van der Waals surface area contributed by atoms with E-state index in [2.05, 4.69) is 0 Å². The molecule has 0 fully saturated rings. The highest BCUT2D eigenvalue weighted by Crippen LogP contribution is 2.44. The SMILES string of the molecule is COCO[C@H]1CC2=C(C[C@H](C(=O)OC)[C@@H](C(=O)OC)C2)N(C(=O)OC(C)(C)C)[C@H]1Cc1ccccc1. The topological polar surface area (TPSA) is 101 Å². The molecule has 0 saturated carbocycles. The van der Waals surface area contributed by atoms with Crippen molar-refractivity contribution in [3.05, 3.63) is 47.2 Å². The zero-order chi connectivity index (χ0) is 26.5. The Morgan fingerprint density at radius 1 is 0.917 bits per heavy atom. The molecule has 2 aliphatic rings. The van der Waals surface area contributed by atoms with Gasteiger partial charge in [0.05, 0.1) is 38.2 Å². The van der Waals surface area contributed by atoms with Crippen molar-refractivity contribution in [2.24, 2.45) is 11.8 Å². The van der Waals surface area contributed by atoms with Crippen LogP contribution < -0.4 is 0 Å². The molecule has 4 atom stereocenters. The van der Waals surface area contributed by atoms with Crippen molar-refractivity contribution < 1.29 is 38.1 Å². The molecule has 1 heterocycles. The van der Waals surface area contributed by atoms with Crippen molar-refractivity contribution in [3.63, 3.8) is 0 Å². The Bertz CT molecular complexity index is 968. The van der Waals surface area contributed by atoms with Gasteiger partial charge in [-0.05, 0) is 51.2 Å². The average molecular weight is 504 g/mol. The maximum Gasteiger partial charge on any atom is 0.414 e. The monoisotopic (exact) mass is 503 g/mol. The van der Waals surface area contributed by atoms with Gasteiger partial charge in [-0.15, -0.1) is 0 Å². The number of hydrogen-bond donors (Lipinski definition) is 0. The minimum absolute atomic E-state index is 0.0476. The zero-order valence-corrected chi connectivity index (χ0v) is 21.9. The number of nitrogens with zero attached hydrogens (tertiary/aromatic N) is 1. The molecular formula is C27H37NO8. The lowest BCUT2D eigenvalue weighted by molar-refractivity contribution is -0.158. The highest BCUT2D eigenvalue weighted by molar-refractivity contribution is 5.83. The lowest BCUT2D eigenvalue weighted by Crippen LogP contribution is -2.55. The van der Waals surface area contributed by atoms with Crippen LogP contribution in [0.3, 0.4) is 0 Å². The number of rotatable bonds is 7. The normalized spacial score (nSPS) is 24.1. The van der Waals surface area contributed by atoms with Crippen LogP contribution in [0.4, 0.5) is 4.79 Å². The van der Waals surface area contributed by atoms with Gasteiger partial charge in [-0.25, -0.2) is 4.79 Å². The van der Waals surface area contributed by atoms with Crippen LogP contribution in [-0.2, 0) is 39.7 Å². The third kappa shape index (κ3) is 6.44. The summed E-state index contributed by atoms with van der Waals surface area (Å²) < 4.78 is 27.1. The molecule has 0 radical (unpaired) electrons. The van der Waals surface area contributed by atoms with Crippen LogP contribution in [0, 0.1) is 11.8 Å². The minimum Gasteiger partial charge on any atom is -0.469 e. The summed E-state index contributed by atoms with van der Waals surface area (Å²) in [6, 6.07) is 9.40. The third-order valence-electron chi connectivity index (χ3n) is 6.56. The second-order valence-electron chi connectivity index (χ2n) is 10.1. The number of benzene rings is 1. The summed E-state index contributed by atoms with van der Waals surface area (Å²) >= 11 is 0. The molecular weight excluding hydrogens is 466 g/mol. The highest BCUT2D eigenvalue weighted by atomic mass is 16.7. The lowest BCUT2D eigenvalue weighted by atomic mass is 9.73. The number of esters is 2. The number of methoxy groups -OCH3 is 3. The van der Waals surface area contributed by atoms with Gasteiger partial charge in [-0.3, -0.25) is 14.5 Å². The van der Waals surface area contributed by atoms with E-state index in [1.807, 2.05) is 30.3 Å². The summed E-state index contributed by atoms with van der Waals surface area (Å²) in [5, 5.41) is 0. The molecule has 0 unspecified atom stereocenters. The Morgan fingerprint density at radius 2 is 1.53 bits per heavy atom. The molecule has 0 bridgehead atoms. The number of amides is 1. The van der Waals surface area contributed by atoms with Crippen molar-refractivity contribution >= 4 is 18.0 Å². The fourth-order valence-corrected chi connectivity index (χ4v) is 4.99. The fourth-order valence-electron chi connectivity index (χ4n) is 4.99. The highest BCUT2D eigenvalue weighted by Gasteiger charge is 2.49. The summed E-state index contributed by atoms with van der Waals surface area (Å²) in [4.78, 5) is 40.7. The number of carbonyl (C=O) groups excluding carboxylic acids is 3. The average Bonchev–Trinajstić information content (AvgIpc) is 2.85. The molecule has 0 N–H and O–H groups in total. The van der Waals surface area contributed by atoms with Gasteiger partial charge < -0.3 is 23.7 Å². The Hall–Kier alpha value is -2.91. The summed E-state index contributed by atoms with van der Waals surface area (Å²) in [5.74, 6) is -2.49. The second kappa shape index (κ2) is 11.9. The van der Waals surface area contributed by atoms with Gasteiger partial charge in [0.1, 0.15) is 12.4 Å². The summed E-state index contributed by atoms with van der Waals surface area (Å²) in [6.45, 7) is 5.47. The molecule has 9 nitrogen and oxygen atoms in total. The van der Waals surface area contributed by atoms with Gasteiger partial charge in [0.2, 0.25) is 0 Å². The molecule has 1 aliphatic heterocycles. The van der Waals surface area contributed by atoms with Gasteiger partial charge >= 0.3 is 18.0 Å². The molecule has 1 aromatic carbocycles. The van der Waals surface area contributed by atoms with E-state index in [0.29, 0.717) is 18.5 Å². The Kier molecular flexibility index (Phi) is 9.13. The smallest absolute Gasteiger partial charge is 0.414 e. The second-order valence-corrected chi connectivity index (χ2v) is 10.1. The molecule has 36 heavy (non-hydrogen) atoms. The standard InChI is InChI=1S/C27H37NO8/c1-27(2,3)36-26(31)28-21-15-20(25(30)34-6)19(24(29)33-5)13-18(21)14-23(35-16-32-4)22(28)12-17-10-8-7-9-11-17/h7-11,19-20,22-23H,12-16H2,1-6H3/t19-,20-,22-,23-/m0/s1. The fraction of sp³-hybridized carbons (Fsp3) is 0.593. The number of allylic oxidation sites excluding steroid dienone is 1. The first-order valence-electron chi connectivity index (χ1n) is 12.1. The first kappa shape index (κ1) is 27.7. The number of hydrogen-bond acceptors (Lipinski definition) is 8.